The Morgan fingerprint density at radius 3 is 2.47 bits per heavy atom. The number of imidazole rings is 1. The van der Waals surface area contributed by atoms with Crippen molar-refractivity contribution >= 4 is 11.5 Å². The molecule has 0 aromatic carbocycles. The van der Waals surface area contributed by atoms with Crippen molar-refractivity contribution in [1.82, 2.24) is 9.38 Å². The van der Waals surface area contributed by atoms with Crippen LogP contribution in [0.4, 0.5) is 19.0 Å². The van der Waals surface area contributed by atoms with E-state index < -0.39 is 11.7 Å². The minimum Gasteiger partial charge on any atom is -0.383 e. The number of hydrogen-bond donors (Lipinski definition) is 1. The summed E-state index contributed by atoms with van der Waals surface area (Å²) in [4.78, 5) is 4.21. The van der Waals surface area contributed by atoms with Crippen molar-refractivity contribution in [2.75, 3.05) is 5.73 Å². The van der Waals surface area contributed by atoms with E-state index in [1.165, 1.54) is 10.5 Å². The first-order valence-corrected chi connectivity index (χ1v) is 5.15. The third kappa shape index (κ3) is 1.94. The van der Waals surface area contributed by atoms with Gasteiger partial charge < -0.3 is 5.73 Å². The largest absolute Gasteiger partial charge is 0.417 e. The fourth-order valence-electron chi connectivity index (χ4n) is 1.67. The van der Waals surface area contributed by atoms with Crippen molar-refractivity contribution in [3.05, 3.63) is 29.6 Å². The van der Waals surface area contributed by atoms with Crippen LogP contribution in [0.15, 0.2) is 18.3 Å². The van der Waals surface area contributed by atoms with Crippen LogP contribution in [0.1, 0.15) is 31.0 Å². The lowest BCUT2D eigenvalue weighted by Gasteiger charge is -2.07. The average molecular weight is 243 g/mol. The first kappa shape index (κ1) is 11.8. The van der Waals surface area contributed by atoms with Gasteiger partial charge in [-0.1, -0.05) is 13.8 Å². The molecule has 2 N–H and O–H groups in total. The third-order valence-electron chi connectivity index (χ3n) is 2.56. The van der Waals surface area contributed by atoms with Gasteiger partial charge in [-0.15, -0.1) is 0 Å². The zero-order valence-corrected chi connectivity index (χ0v) is 9.42. The van der Waals surface area contributed by atoms with Crippen LogP contribution in [0.25, 0.3) is 5.65 Å². The molecule has 92 valence electrons. The Kier molecular flexibility index (Phi) is 2.52. The van der Waals surface area contributed by atoms with Gasteiger partial charge in [0.2, 0.25) is 0 Å². The standard InChI is InChI=1S/C11H12F3N3/c1-6(2)9-10(15)17-5-7(11(12,13)14)3-4-8(17)16-9/h3-6H,15H2,1-2H3. The molecule has 17 heavy (non-hydrogen) atoms. The monoisotopic (exact) mass is 243 g/mol. The van der Waals surface area contributed by atoms with Gasteiger partial charge in [-0.3, -0.25) is 4.40 Å². The SMILES string of the molecule is CC(C)c1nc2ccc(C(F)(F)F)cn2c1N. The Morgan fingerprint density at radius 2 is 1.94 bits per heavy atom. The highest BCUT2D eigenvalue weighted by Gasteiger charge is 2.31. The number of nitrogen functional groups attached to an aromatic ring is 1. The first-order chi connectivity index (χ1) is 7.80. The molecular formula is C11H12F3N3. The summed E-state index contributed by atoms with van der Waals surface area (Å²) >= 11 is 0. The van der Waals surface area contributed by atoms with Crippen molar-refractivity contribution < 1.29 is 13.2 Å². The molecule has 3 nitrogen and oxygen atoms in total. The lowest BCUT2D eigenvalue weighted by Crippen LogP contribution is -2.07. The molecule has 0 fully saturated rings. The van der Waals surface area contributed by atoms with Gasteiger partial charge >= 0.3 is 6.18 Å². The minimum atomic E-state index is -4.37. The van der Waals surface area contributed by atoms with Gasteiger partial charge in [0.05, 0.1) is 11.3 Å². The number of hydrogen-bond acceptors (Lipinski definition) is 2. The predicted octanol–water partition coefficient (Wildman–Crippen LogP) is 3.06. The molecule has 2 aromatic rings. The van der Waals surface area contributed by atoms with E-state index >= 15 is 0 Å². The number of halogens is 3. The maximum atomic E-state index is 12.5. The van der Waals surface area contributed by atoms with E-state index in [1.807, 2.05) is 13.8 Å². The smallest absolute Gasteiger partial charge is 0.383 e. The van der Waals surface area contributed by atoms with Crippen molar-refractivity contribution in [3.8, 4) is 0 Å². The molecule has 0 spiro atoms. The molecule has 2 aromatic heterocycles. The van der Waals surface area contributed by atoms with Crippen LogP contribution in [0.2, 0.25) is 0 Å². The second-order valence-corrected chi connectivity index (χ2v) is 4.18. The predicted molar refractivity (Wildman–Crippen MR) is 58.7 cm³/mol. The molecule has 0 aliphatic rings. The Bertz CT molecular complexity index is 555. The summed E-state index contributed by atoms with van der Waals surface area (Å²) in [5.74, 6) is 0.338. The van der Waals surface area contributed by atoms with E-state index in [0.717, 1.165) is 12.3 Å². The molecule has 6 heteroatoms. The number of anilines is 1. The highest BCUT2D eigenvalue weighted by atomic mass is 19.4. The summed E-state index contributed by atoms with van der Waals surface area (Å²) in [6.45, 7) is 3.78. The van der Waals surface area contributed by atoms with Crippen LogP contribution < -0.4 is 5.73 Å². The first-order valence-electron chi connectivity index (χ1n) is 5.15. The fraction of sp³-hybridized carbons (Fsp3) is 0.364. The third-order valence-corrected chi connectivity index (χ3v) is 2.56. The van der Waals surface area contributed by atoms with Crippen LogP contribution >= 0.6 is 0 Å². The Labute approximate surface area is 96.1 Å². The Hall–Kier alpha value is -1.72. The van der Waals surface area contributed by atoms with Crippen molar-refractivity contribution in [1.29, 1.82) is 0 Å². The molecule has 2 rings (SSSR count). The normalized spacial score (nSPS) is 12.6. The van der Waals surface area contributed by atoms with Crippen LogP contribution in [0, 0.1) is 0 Å². The highest BCUT2D eigenvalue weighted by molar-refractivity contribution is 5.54. The number of aromatic nitrogens is 2. The van der Waals surface area contributed by atoms with Gasteiger partial charge in [-0.2, -0.15) is 13.2 Å². The van der Waals surface area contributed by atoms with Crippen LogP contribution in [0.5, 0.6) is 0 Å². The van der Waals surface area contributed by atoms with E-state index in [2.05, 4.69) is 4.98 Å². The van der Waals surface area contributed by atoms with Gasteiger partial charge in [-0.05, 0) is 18.1 Å². The lowest BCUT2D eigenvalue weighted by molar-refractivity contribution is -0.137. The van der Waals surface area contributed by atoms with E-state index in [-0.39, 0.29) is 11.7 Å². The number of nitrogens with two attached hydrogens (primary N) is 1. The summed E-state index contributed by atoms with van der Waals surface area (Å²) in [6.07, 6.45) is -3.40. The minimum absolute atomic E-state index is 0.0734. The molecule has 0 bridgehead atoms. The van der Waals surface area contributed by atoms with Gasteiger partial charge in [0.15, 0.2) is 0 Å². The van der Waals surface area contributed by atoms with Gasteiger partial charge in [0, 0.05) is 6.20 Å². The summed E-state index contributed by atoms with van der Waals surface area (Å²) in [5.41, 5.74) is 6.10. The summed E-state index contributed by atoms with van der Waals surface area (Å²) in [6, 6.07) is 2.33. The van der Waals surface area contributed by atoms with Gasteiger partial charge in [0.1, 0.15) is 11.5 Å². The van der Waals surface area contributed by atoms with E-state index in [0.29, 0.717) is 11.3 Å². The van der Waals surface area contributed by atoms with Crippen molar-refractivity contribution in [2.45, 2.75) is 25.9 Å². The molecule has 0 aliphatic carbocycles. The van der Waals surface area contributed by atoms with Crippen LogP contribution in [-0.4, -0.2) is 9.38 Å². The number of fused-ring (bicyclic) bond motifs is 1. The van der Waals surface area contributed by atoms with Gasteiger partial charge in [-0.25, -0.2) is 4.98 Å². The van der Waals surface area contributed by atoms with Crippen LogP contribution in [-0.2, 0) is 6.18 Å². The average Bonchev–Trinajstić information content (AvgIpc) is 2.54. The summed E-state index contributed by atoms with van der Waals surface area (Å²) in [5, 5.41) is 0. The lowest BCUT2D eigenvalue weighted by atomic mass is 10.1. The summed E-state index contributed by atoms with van der Waals surface area (Å²) < 4.78 is 38.9. The molecule has 0 unspecified atom stereocenters. The van der Waals surface area contributed by atoms with E-state index in [4.69, 9.17) is 5.73 Å². The molecule has 0 amide bonds. The van der Waals surface area contributed by atoms with Crippen molar-refractivity contribution in [2.24, 2.45) is 0 Å². The molecule has 0 atom stereocenters. The van der Waals surface area contributed by atoms with Crippen LogP contribution in [0.3, 0.4) is 0 Å². The molecular weight excluding hydrogens is 231 g/mol. The Morgan fingerprint density at radius 1 is 1.29 bits per heavy atom. The quantitative estimate of drug-likeness (QED) is 0.836. The zero-order chi connectivity index (χ0) is 12.8. The molecule has 0 radical (unpaired) electrons. The molecule has 2 heterocycles. The maximum Gasteiger partial charge on any atom is 0.417 e. The topological polar surface area (TPSA) is 43.3 Å². The number of nitrogens with zero attached hydrogens (tertiary/aromatic N) is 2. The molecule has 0 aliphatic heterocycles. The number of rotatable bonds is 1. The second kappa shape index (κ2) is 3.65. The van der Waals surface area contributed by atoms with Gasteiger partial charge in [0.25, 0.3) is 0 Å². The van der Waals surface area contributed by atoms with E-state index in [9.17, 15) is 13.2 Å². The molecule has 0 saturated carbocycles. The number of alkyl halides is 3. The maximum absolute atomic E-state index is 12.5. The van der Waals surface area contributed by atoms with E-state index in [1.54, 1.807) is 0 Å². The summed E-state index contributed by atoms with van der Waals surface area (Å²) in [7, 11) is 0. The van der Waals surface area contributed by atoms with Crippen molar-refractivity contribution in [3.63, 3.8) is 0 Å². The zero-order valence-electron chi connectivity index (χ0n) is 9.42. The molecule has 0 saturated heterocycles. The Balaban J connectivity index is 2.66. The highest BCUT2D eigenvalue weighted by Crippen LogP contribution is 2.31. The number of pyridine rings is 1. The fourth-order valence-corrected chi connectivity index (χ4v) is 1.67. The second-order valence-electron chi connectivity index (χ2n) is 4.18.